The van der Waals surface area contributed by atoms with Gasteiger partial charge in [0.05, 0.1) is 0 Å². The number of nitrogens with two attached hydrogens (primary N) is 1. The number of rotatable bonds is 23. The quantitative estimate of drug-likeness (QED) is 0.171. The monoisotopic (exact) mass is 395 g/mol. The molecule has 0 heterocycles. The highest BCUT2D eigenvalue weighted by molar-refractivity contribution is 4.65. The van der Waals surface area contributed by atoms with Gasteiger partial charge in [-0.25, -0.2) is 0 Å². The molecule has 0 bridgehead atoms. The van der Waals surface area contributed by atoms with E-state index in [0.29, 0.717) is 6.04 Å². The van der Waals surface area contributed by atoms with Gasteiger partial charge in [0, 0.05) is 6.04 Å². The van der Waals surface area contributed by atoms with Gasteiger partial charge < -0.3 is 5.73 Å². The SMILES string of the molecule is CCCCCCCCCCCCC(CCCCCCCC)CCCC(N)CC. The molecule has 2 atom stereocenters. The van der Waals surface area contributed by atoms with E-state index in [0.717, 1.165) is 12.3 Å². The maximum atomic E-state index is 6.13. The predicted molar refractivity (Wildman–Crippen MR) is 130 cm³/mol. The normalized spacial score (nSPS) is 13.7. The van der Waals surface area contributed by atoms with Gasteiger partial charge in [0.15, 0.2) is 0 Å². The topological polar surface area (TPSA) is 26.0 Å². The molecular formula is C27H57N. The maximum absolute atomic E-state index is 6.13. The highest BCUT2D eigenvalue weighted by Crippen LogP contribution is 2.24. The zero-order valence-corrected chi connectivity index (χ0v) is 20.3. The highest BCUT2D eigenvalue weighted by Gasteiger charge is 2.10. The zero-order valence-electron chi connectivity index (χ0n) is 20.3. The van der Waals surface area contributed by atoms with Crippen molar-refractivity contribution in [3.05, 3.63) is 0 Å². The summed E-state index contributed by atoms with van der Waals surface area (Å²) in [5.41, 5.74) is 6.13. The Labute approximate surface area is 180 Å². The molecule has 0 aliphatic carbocycles. The van der Waals surface area contributed by atoms with Gasteiger partial charge in [0.25, 0.3) is 0 Å². The van der Waals surface area contributed by atoms with E-state index < -0.39 is 0 Å². The Morgan fingerprint density at radius 3 is 1.18 bits per heavy atom. The molecule has 0 rings (SSSR count). The summed E-state index contributed by atoms with van der Waals surface area (Å²) in [7, 11) is 0. The highest BCUT2D eigenvalue weighted by atomic mass is 14.6. The second-order valence-corrected chi connectivity index (χ2v) is 9.49. The van der Waals surface area contributed by atoms with E-state index in [1.165, 1.54) is 135 Å². The van der Waals surface area contributed by atoms with E-state index >= 15 is 0 Å². The molecule has 0 aliphatic rings. The fourth-order valence-corrected chi connectivity index (χ4v) is 4.44. The van der Waals surface area contributed by atoms with Gasteiger partial charge in [-0.2, -0.15) is 0 Å². The van der Waals surface area contributed by atoms with Crippen molar-refractivity contribution < 1.29 is 0 Å². The Balaban J connectivity index is 3.77. The lowest BCUT2D eigenvalue weighted by atomic mass is 9.89. The molecule has 0 fully saturated rings. The summed E-state index contributed by atoms with van der Waals surface area (Å²) in [6.07, 6.45) is 31.3. The van der Waals surface area contributed by atoms with E-state index in [1.807, 2.05) is 0 Å². The summed E-state index contributed by atoms with van der Waals surface area (Å²) >= 11 is 0. The summed E-state index contributed by atoms with van der Waals surface area (Å²) in [5.74, 6) is 0.976. The molecule has 0 aliphatic heterocycles. The first-order chi connectivity index (χ1) is 13.7. The van der Waals surface area contributed by atoms with Crippen LogP contribution >= 0.6 is 0 Å². The molecule has 0 aromatic heterocycles. The van der Waals surface area contributed by atoms with Crippen molar-refractivity contribution >= 4 is 0 Å². The van der Waals surface area contributed by atoms with Gasteiger partial charge in [0.1, 0.15) is 0 Å². The third kappa shape index (κ3) is 20.7. The smallest absolute Gasteiger partial charge is 0.00362 e. The van der Waals surface area contributed by atoms with E-state index in [-0.39, 0.29) is 0 Å². The molecule has 28 heavy (non-hydrogen) atoms. The molecule has 1 nitrogen and oxygen atoms in total. The first kappa shape index (κ1) is 28.0. The Morgan fingerprint density at radius 1 is 0.429 bits per heavy atom. The van der Waals surface area contributed by atoms with E-state index in [2.05, 4.69) is 20.8 Å². The van der Waals surface area contributed by atoms with Gasteiger partial charge >= 0.3 is 0 Å². The van der Waals surface area contributed by atoms with Crippen LogP contribution in [0.25, 0.3) is 0 Å². The average Bonchev–Trinajstić information content (AvgIpc) is 2.71. The van der Waals surface area contributed by atoms with Crippen LogP contribution in [0, 0.1) is 5.92 Å². The summed E-state index contributed by atoms with van der Waals surface area (Å²) in [6.45, 7) is 6.84. The van der Waals surface area contributed by atoms with Gasteiger partial charge in [0.2, 0.25) is 0 Å². The number of unbranched alkanes of at least 4 members (excludes halogenated alkanes) is 14. The zero-order chi connectivity index (χ0) is 20.7. The van der Waals surface area contributed by atoms with Gasteiger partial charge in [-0.1, -0.05) is 149 Å². The lowest BCUT2D eigenvalue weighted by Crippen LogP contribution is -2.18. The molecule has 2 unspecified atom stereocenters. The molecule has 0 amide bonds. The van der Waals surface area contributed by atoms with Crippen molar-refractivity contribution in [1.82, 2.24) is 0 Å². The molecule has 0 aromatic carbocycles. The molecule has 0 spiro atoms. The van der Waals surface area contributed by atoms with Crippen LogP contribution in [0.4, 0.5) is 0 Å². The van der Waals surface area contributed by atoms with Crippen molar-refractivity contribution in [3.63, 3.8) is 0 Å². The number of hydrogen-bond acceptors (Lipinski definition) is 1. The second-order valence-electron chi connectivity index (χ2n) is 9.49. The third-order valence-electron chi connectivity index (χ3n) is 6.64. The van der Waals surface area contributed by atoms with Crippen LogP contribution in [0.1, 0.15) is 162 Å². The largest absolute Gasteiger partial charge is 0.328 e. The Morgan fingerprint density at radius 2 is 0.786 bits per heavy atom. The van der Waals surface area contributed by atoms with E-state index in [1.54, 1.807) is 0 Å². The summed E-state index contributed by atoms with van der Waals surface area (Å²) in [5, 5.41) is 0. The average molecular weight is 396 g/mol. The number of hydrogen-bond donors (Lipinski definition) is 1. The first-order valence-corrected chi connectivity index (χ1v) is 13.5. The summed E-state index contributed by atoms with van der Waals surface area (Å²) in [4.78, 5) is 0. The van der Waals surface area contributed by atoms with Crippen molar-refractivity contribution in [1.29, 1.82) is 0 Å². The minimum Gasteiger partial charge on any atom is -0.328 e. The lowest BCUT2D eigenvalue weighted by molar-refractivity contribution is 0.361. The molecule has 0 radical (unpaired) electrons. The van der Waals surface area contributed by atoms with Crippen molar-refractivity contribution in [3.8, 4) is 0 Å². The Hall–Kier alpha value is -0.0400. The van der Waals surface area contributed by atoms with Crippen LogP contribution < -0.4 is 5.73 Å². The van der Waals surface area contributed by atoms with Gasteiger partial charge in [-0.3, -0.25) is 0 Å². The minimum absolute atomic E-state index is 0.437. The van der Waals surface area contributed by atoms with Gasteiger partial charge in [-0.05, 0) is 18.8 Å². The van der Waals surface area contributed by atoms with Crippen LogP contribution in [0.5, 0.6) is 0 Å². The summed E-state index contributed by atoms with van der Waals surface area (Å²) < 4.78 is 0. The van der Waals surface area contributed by atoms with Crippen LogP contribution in [0.2, 0.25) is 0 Å². The fourth-order valence-electron chi connectivity index (χ4n) is 4.44. The molecular weight excluding hydrogens is 338 g/mol. The standard InChI is InChI=1S/C27H57N/c1-4-7-9-11-13-14-15-16-18-20-23-26(24-21-25-27(28)6-3)22-19-17-12-10-8-5-2/h26-27H,4-25,28H2,1-3H3. The summed E-state index contributed by atoms with van der Waals surface area (Å²) in [6, 6.07) is 0.437. The van der Waals surface area contributed by atoms with Crippen molar-refractivity contribution in [2.75, 3.05) is 0 Å². The third-order valence-corrected chi connectivity index (χ3v) is 6.64. The minimum atomic E-state index is 0.437. The molecule has 0 saturated carbocycles. The predicted octanol–water partition coefficient (Wildman–Crippen LogP) is 9.57. The van der Waals surface area contributed by atoms with Crippen molar-refractivity contribution in [2.24, 2.45) is 11.7 Å². The molecule has 0 aromatic rings. The van der Waals surface area contributed by atoms with Crippen LogP contribution in [-0.2, 0) is 0 Å². The van der Waals surface area contributed by atoms with Crippen molar-refractivity contribution in [2.45, 2.75) is 168 Å². The second kappa shape index (κ2) is 23.2. The van der Waals surface area contributed by atoms with Crippen LogP contribution in [0.15, 0.2) is 0 Å². The lowest BCUT2D eigenvalue weighted by Gasteiger charge is -2.18. The molecule has 2 N–H and O–H groups in total. The van der Waals surface area contributed by atoms with E-state index in [4.69, 9.17) is 5.73 Å². The van der Waals surface area contributed by atoms with Crippen LogP contribution in [-0.4, -0.2) is 6.04 Å². The fraction of sp³-hybridized carbons (Fsp3) is 1.00. The van der Waals surface area contributed by atoms with E-state index in [9.17, 15) is 0 Å². The maximum Gasteiger partial charge on any atom is 0.00362 e. The molecule has 1 heteroatoms. The first-order valence-electron chi connectivity index (χ1n) is 13.5. The molecule has 170 valence electrons. The Kier molecular flexibility index (Phi) is 23.2. The molecule has 0 saturated heterocycles. The Bertz CT molecular complexity index is 275. The van der Waals surface area contributed by atoms with Gasteiger partial charge in [-0.15, -0.1) is 0 Å². The van der Waals surface area contributed by atoms with Crippen LogP contribution in [0.3, 0.4) is 0 Å².